The molecule has 18 heavy (non-hydrogen) atoms. The van der Waals surface area contributed by atoms with Crippen LogP contribution in [0.25, 0.3) is 0 Å². The Labute approximate surface area is 105 Å². The van der Waals surface area contributed by atoms with Crippen LogP contribution < -0.4 is 4.74 Å². The SMILES string of the molecule is COc1cccc(C(=O)c2ccc(C)cc2)c1F. The van der Waals surface area contributed by atoms with Crippen LogP contribution in [0.1, 0.15) is 21.5 Å². The van der Waals surface area contributed by atoms with Gasteiger partial charge in [0.25, 0.3) is 0 Å². The van der Waals surface area contributed by atoms with Crippen LogP contribution in [0, 0.1) is 12.7 Å². The first-order chi connectivity index (χ1) is 8.63. The predicted molar refractivity (Wildman–Crippen MR) is 67.6 cm³/mol. The second-order valence-electron chi connectivity index (χ2n) is 4.02. The van der Waals surface area contributed by atoms with Gasteiger partial charge in [-0.05, 0) is 19.1 Å². The van der Waals surface area contributed by atoms with Gasteiger partial charge < -0.3 is 4.74 Å². The molecule has 0 bridgehead atoms. The molecule has 0 saturated heterocycles. The third-order valence-electron chi connectivity index (χ3n) is 2.74. The summed E-state index contributed by atoms with van der Waals surface area (Å²) in [5.41, 5.74) is 1.55. The number of hydrogen-bond acceptors (Lipinski definition) is 2. The Kier molecular flexibility index (Phi) is 3.42. The van der Waals surface area contributed by atoms with Crippen LogP contribution >= 0.6 is 0 Å². The minimum atomic E-state index is -0.620. The molecule has 3 heteroatoms. The maximum atomic E-state index is 13.9. The molecular weight excluding hydrogens is 231 g/mol. The van der Waals surface area contributed by atoms with E-state index in [0.717, 1.165) is 5.56 Å². The van der Waals surface area contributed by atoms with Crippen LogP contribution in [-0.4, -0.2) is 12.9 Å². The van der Waals surface area contributed by atoms with Crippen molar-refractivity contribution in [2.75, 3.05) is 7.11 Å². The minimum absolute atomic E-state index is 0.0261. The van der Waals surface area contributed by atoms with Crippen LogP contribution in [0.4, 0.5) is 4.39 Å². The number of benzene rings is 2. The van der Waals surface area contributed by atoms with Crippen molar-refractivity contribution in [3.8, 4) is 5.75 Å². The van der Waals surface area contributed by atoms with E-state index < -0.39 is 5.82 Å². The standard InChI is InChI=1S/C15H13FO2/c1-10-6-8-11(9-7-10)15(17)12-4-3-5-13(18-2)14(12)16/h3-9H,1-2H3. The van der Waals surface area contributed by atoms with Gasteiger partial charge in [0.05, 0.1) is 12.7 Å². The van der Waals surface area contributed by atoms with E-state index in [1.807, 2.05) is 19.1 Å². The molecule has 0 aliphatic heterocycles. The van der Waals surface area contributed by atoms with E-state index in [-0.39, 0.29) is 17.1 Å². The molecule has 0 aromatic heterocycles. The lowest BCUT2D eigenvalue weighted by atomic mass is 10.0. The van der Waals surface area contributed by atoms with E-state index in [9.17, 15) is 9.18 Å². The van der Waals surface area contributed by atoms with Gasteiger partial charge >= 0.3 is 0 Å². The number of methoxy groups -OCH3 is 1. The average Bonchev–Trinajstić information content (AvgIpc) is 2.39. The molecule has 0 aliphatic rings. The summed E-state index contributed by atoms with van der Waals surface area (Å²) in [4.78, 5) is 12.2. The maximum Gasteiger partial charge on any atom is 0.196 e. The van der Waals surface area contributed by atoms with Crippen LogP contribution in [0.3, 0.4) is 0 Å². The molecule has 0 radical (unpaired) electrons. The molecule has 92 valence electrons. The molecule has 0 aliphatic carbocycles. The van der Waals surface area contributed by atoms with Crippen molar-refractivity contribution in [2.24, 2.45) is 0 Å². The zero-order valence-electron chi connectivity index (χ0n) is 10.2. The van der Waals surface area contributed by atoms with Crippen LogP contribution in [0.5, 0.6) is 5.75 Å². The summed E-state index contributed by atoms with van der Waals surface area (Å²) in [5, 5.41) is 0. The average molecular weight is 244 g/mol. The van der Waals surface area contributed by atoms with Crippen molar-refractivity contribution in [3.63, 3.8) is 0 Å². The summed E-state index contributed by atoms with van der Waals surface area (Å²) < 4.78 is 18.8. The number of aryl methyl sites for hydroxylation is 1. The van der Waals surface area contributed by atoms with Crippen molar-refractivity contribution in [1.29, 1.82) is 0 Å². The topological polar surface area (TPSA) is 26.3 Å². The normalized spacial score (nSPS) is 10.2. The summed E-state index contributed by atoms with van der Waals surface area (Å²) in [6.45, 7) is 1.93. The van der Waals surface area contributed by atoms with Gasteiger partial charge in [-0.2, -0.15) is 0 Å². The molecule has 0 unspecified atom stereocenters. The monoisotopic (exact) mass is 244 g/mol. The third-order valence-corrected chi connectivity index (χ3v) is 2.74. The fourth-order valence-corrected chi connectivity index (χ4v) is 1.70. The van der Waals surface area contributed by atoms with E-state index in [1.54, 1.807) is 18.2 Å². The number of carbonyl (C=O) groups excluding carboxylic acids is 1. The first-order valence-electron chi connectivity index (χ1n) is 5.57. The predicted octanol–water partition coefficient (Wildman–Crippen LogP) is 3.37. The van der Waals surface area contributed by atoms with Crippen molar-refractivity contribution in [1.82, 2.24) is 0 Å². The maximum absolute atomic E-state index is 13.9. The fourth-order valence-electron chi connectivity index (χ4n) is 1.70. The molecule has 2 aromatic rings. The summed E-state index contributed by atoms with van der Waals surface area (Å²) in [5.74, 6) is -0.884. The quantitative estimate of drug-likeness (QED) is 0.774. The highest BCUT2D eigenvalue weighted by molar-refractivity contribution is 6.09. The molecule has 0 atom stereocenters. The van der Waals surface area contributed by atoms with E-state index in [4.69, 9.17) is 4.74 Å². The van der Waals surface area contributed by atoms with E-state index >= 15 is 0 Å². The number of ketones is 1. The molecule has 0 amide bonds. The summed E-state index contributed by atoms with van der Waals surface area (Å²) >= 11 is 0. The number of rotatable bonds is 3. The van der Waals surface area contributed by atoms with Gasteiger partial charge in [0, 0.05) is 5.56 Å². The Morgan fingerprint density at radius 3 is 2.39 bits per heavy atom. The number of halogens is 1. The Morgan fingerprint density at radius 1 is 1.11 bits per heavy atom. The minimum Gasteiger partial charge on any atom is -0.494 e. The Morgan fingerprint density at radius 2 is 1.78 bits per heavy atom. The number of carbonyl (C=O) groups is 1. The van der Waals surface area contributed by atoms with Gasteiger partial charge in [0.15, 0.2) is 17.3 Å². The molecule has 0 N–H and O–H groups in total. The van der Waals surface area contributed by atoms with Crippen molar-refractivity contribution in [2.45, 2.75) is 6.92 Å². The van der Waals surface area contributed by atoms with Gasteiger partial charge in [-0.15, -0.1) is 0 Å². The third kappa shape index (κ3) is 2.25. The molecule has 0 spiro atoms. The highest BCUT2D eigenvalue weighted by Gasteiger charge is 2.16. The highest BCUT2D eigenvalue weighted by Crippen LogP contribution is 2.22. The molecule has 2 aromatic carbocycles. The van der Waals surface area contributed by atoms with Crippen LogP contribution in [-0.2, 0) is 0 Å². The lowest BCUT2D eigenvalue weighted by Crippen LogP contribution is -2.05. The fraction of sp³-hybridized carbons (Fsp3) is 0.133. The summed E-state index contributed by atoms with van der Waals surface area (Å²) in [6, 6.07) is 11.6. The van der Waals surface area contributed by atoms with Gasteiger partial charge in [-0.1, -0.05) is 35.9 Å². The van der Waals surface area contributed by atoms with Crippen molar-refractivity contribution >= 4 is 5.78 Å². The number of ether oxygens (including phenoxy) is 1. The Balaban J connectivity index is 2.43. The lowest BCUT2D eigenvalue weighted by Gasteiger charge is -2.06. The van der Waals surface area contributed by atoms with Crippen molar-refractivity contribution in [3.05, 3.63) is 65.0 Å². The van der Waals surface area contributed by atoms with E-state index in [2.05, 4.69) is 0 Å². The highest BCUT2D eigenvalue weighted by atomic mass is 19.1. The zero-order valence-corrected chi connectivity index (χ0v) is 10.2. The second kappa shape index (κ2) is 5.00. The molecule has 0 heterocycles. The lowest BCUT2D eigenvalue weighted by molar-refractivity contribution is 0.103. The van der Waals surface area contributed by atoms with Gasteiger partial charge in [0.2, 0.25) is 0 Å². The largest absolute Gasteiger partial charge is 0.494 e. The second-order valence-corrected chi connectivity index (χ2v) is 4.02. The zero-order chi connectivity index (χ0) is 13.1. The Hall–Kier alpha value is -2.16. The number of hydrogen-bond donors (Lipinski definition) is 0. The molecular formula is C15H13FO2. The van der Waals surface area contributed by atoms with Gasteiger partial charge in [-0.25, -0.2) is 4.39 Å². The molecule has 2 nitrogen and oxygen atoms in total. The smallest absolute Gasteiger partial charge is 0.196 e. The van der Waals surface area contributed by atoms with Gasteiger partial charge in [-0.3, -0.25) is 4.79 Å². The van der Waals surface area contributed by atoms with E-state index in [1.165, 1.54) is 19.2 Å². The first-order valence-corrected chi connectivity index (χ1v) is 5.57. The van der Waals surface area contributed by atoms with Crippen LogP contribution in [0.2, 0.25) is 0 Å². The van der Waals surface area contributed by atoms with Crippen molar-refractivity contribution < 1.29 is 13.9 Å². The molecule has 2 rings (SSSR count). The Bertz CT molecular complexity index is 574. The summed E-state index contributed by atoms with van der Waals surface area (Å²) in [7, 11) is 1.37. The van der Waals surface area contributed by atoms with Crippen LogP contribution in [0.15, 0.2) is 42.5 Å². The summed E-state index contributed by atoms with van der Waals surface area (Å²) in [6.07, 6.45) is 0. The molecule has 0 saturated carbocycles. The van der Waals surface area contributed by atoms with E-state index in [0.29, 0.717) is 5.56 Å². The first kappa shape index (κ1) is 12.3. The van der Waals surface area contributed by atoms with Gasteiger partial charge in [0.1, 0.15) is 0 Å². The molecule has 0 fully saturated rings.